The third-order valence-electron chi connectivity index (χ3n) is 3.17. The number of hydrogen-bond donors (Lipinski definition) is 1. The highest BCUT2D eigenvalue weighted by molar-refractivity contribution is 8.06. The zero-order chi connectivity index (χ0) is 15.6. The van der Waals surface area contributed by atoms with Crippen LogP contribution in [0.5, 0.6) is 0 Å². The van der Waals surface area contributed by atoms with E-state index in [1.807, 2.05) is 12.1 Å². The lowest BCUT2D eigenvalue weighted by molar-refractivity contribution is 0.0747. The Morgan fingerprint density at radius 1 is 0.818 bits per heavy atom. The van der Waals surface area contributed by atoms with Crippen molar-refractivity contribution in [2.45, 2.75) is 6.10 Å². The summed E-state index contributed by atoms with van der Waals surface area (Å²) in [7, 11) is 0. The van der Waals surface area contributed by atoms with Crippen molar-refractivity contribution in [3.05, 3.63) is 71.8 Å². The molecule has 0 bridgehead atoms. The van der Waals surface area contributed by atoms with E-state index in [2.05, 4.69) is 23.5 Å². The van der Waals surface area contributed by atoms with Crippen molar-refractivity contribution in [2.24, 2.45) is 0 Å². The molecule has 2 nitrogen and oxygen atoms in total. The van der Waals surface area contributed by atoms with Gasteiger partial charge in [-0.25, -0.2) is 0 Å². The molecular formula is C18H20O2S2. The Morgan fingerprint density at radius 3 is 1.73 bits per heavy atom. The molecule has 2 aromatic rings. The van der Waals surface area contributed by atoms with Crippen molar-refractivity contribution in [3.63, 3.8) is 0 Å². The van der Waals surface area contributed by atoms with Gasteiger partial charge in [0.25, 0.3) is 0 Å². The molecule has 1 N–H and O–H groups in total. The number of thioether (sulfide) groups is 2. The molecule has 0 spiro atoms. The van der Waals surface area contributed by atoms with Crippen LogP contribution in [0.3, 0.4) is 0 Å². The molecule has 0 saturated carbocycles. The number of carbonyl (C=O) groups excluding carboxylic acids is 1. The summed E-state index contributed by atoms with van der Waals surface area (Å²) in [4.78, 5) is 11.9. The number of rotatable bonds is 3. The van der Waals surface area contributed by atoms with Crippen molar-refractivity contribution in [1.82, 2.24) is 0 Å². The van der Waals surface area contributed by atoms with E-state index >= 15 is 0 Å². The van der Waals surface area contributed by atoms with Gasteiger partial charge in [0, 0.05) is 28.6 Å². The molecule has 1 unspecified atom stereocenters. The summed E-state index contributed by atoms with van der Waals surface area (Å²) >= 11 is 4.15. The Hall–Kier alpha value is -1.23. The molecule has 1 saturated heterocycles. The van der Waals surface area contributed by atoms with E-state index in [-0.39, 0.29) is 5.78 Å². The standard InChI is InChI=1S/C14H12O2.C4H8S2/c15-13(11-7-3-1-4-8-11)14(16)12-9-5-2-6-10-12;1-2-6-4-3-5-1/h1-10,13,15H;1-4H2. The average Bonchev–Trinajstić information content (AvgIpc) is 2.64. The van der Waals surface area contributed by atoms with Gasteiger partial charge >= 0.3 is 0 Å². The molecule has 1 aliphatic rings. The summed E-state index contributed by atoms with van der Waals surface area (Å²) in [5.41, 5.74) is 1.15. The fraction of sp³-hybridized carbons (Fsp3) is 0.278. The van der Waals surface area contributed by atoms with Gasteiger partial charge in [0.2, 0.25) is 0 Å². The molecule has 1 heterocycles. The van der Waals surface area contributed by atoms with Crippen LogP contribution in [0.15, 0.2) is 60.7 Å². The predicted octanol–water partition coefficient (Wildman–Crippen LogP) is 4.07. The lowest BCUT2D eigenvalue weighted by Crippen LogP contribution is -2.11. The van der Waals surface area contributed by atoms with Gasteiger partial charge in [-0.15, -0.1) is 0 Å². The minimum Gasteiger partial charge on any atom is -0.380 e. The second kappa shape index (κ2) is 9.72. The fourth-order valence-corrected chi connectivity index (χ4v) is 4.28. The maximum Gasteiger partial charge on any atom is 0.195 e. The second-order valence-corrected chi connectivity index (χ2v) is 7.22. The van der Waals surface area contributed by atoms with Gasteiger partial charge in [0.05, 0.1) is 0 Å². The molecule has 4 heteroatoms. The number of aliphatic hydroxyl groups excluding tert-OH is 1. The molecule has 0 aromatic heterocycles. The molecule has 0 radical (unpaired) electrons. The lowest BCUT2D eigenvalue weighted by atomic mass is 10.0. The van der Waals surface area contributed by atoms with E-state index in [1.165, 1.54) is 23.0 Å². The van der Waals surface area contributed by atoms with E-state index in [9.17, 15) is 9.90 Å². The number of aliphatic hydroxyl groups is 1. The topological polar surface area (TPSA) is 37.3 Å². The normalized spacial score (nSPS) is 15.3. The van der Waals surface area contributed by atoms with Crippen LogP contribution in [0.1, 0.15) is 22.0 Å². The lowest BCUT2D eigenvalue weighted by Gasteiger charge is -2.09. The molecule has 22 heavy (non-hydrogen) atoms. The first-order chi connectivity index (χ1) is 10.8. The Kier molecular flexibility index (Phi) is 7.57. The average molecular weight is 332 g/mol. The highest BCUT2D eigenvalue weighted by Crippen LogP contribution is 2.17. The molecule has 116 valence electrons. The van der Waals surface area contributed by atoms with Gasteiger partial charge in [0.15, 0.2) is 5.78 Å². The fourth-order valence-electron chi connectivity index (χ4n) is 1.99. The summed E-state index contributed by atoms with van der Waals surface area (Å²) < 4.78 is 0. The number of carbonyl (C=O) groups is 1. The van der Waals surface area contributed by atoms with Gasteiger partial charge < -0.3 is 5.11 Å². The molecule has 3 rings (SSSR count). The summed E-state index contributed by atoms with van der Waals surface area (Å²) in [6.07, 6.45) is -1.08. The van der Waals surface area contributed by atoms with Crippen molar-refractivity contribution >= 4 is 29.3 Å². The third kappa shape index (κ3) is 5.52. The quantitative estimate of drug-likeness (QED) is 0.860. The van der Waals surface area contributed by atoms with Crippen molar-refractivity contribution in [3.8, 4) is 0 Å². The first kappa shape index (κ1) is 17.1. The first-order valence-electron chi connectivity index (χ1n) is 7.27. The molecule has 1 atom stereocenters. The Labute approximate surface area is 140 Å². The number of hydrogen-bond acceptors (Lipinski definition) is 4. The van der Waals surface area contributed by atoms with E-state index in [4.69, 9.17) is 0 Å². The van der Waals surface area contributed by atoms with Crippen LogP contribution < -0.4 is 0 Å². The van der Waals surface area contributed by atoms with Gasteiger partial charge in [0.1, 0.15) is 6.10 Å². The van der Waals surface area contributed by atoms with Crippen LogP contribution >= 0.6 is 23.5 Å². The summed E-state index contributed by atoms with van der Waals surface area (Å²) in [6.45, 7) is 0. The number of ketones is 1. The number of Topliss-reactive ketones (excluding diaryl/α,β-unsaturated/α-hetero) is 1. The van der Waals surface area contributed by atoms with E-state index in [0.29, 0.717) is 11.1 Å². The molecule has 1 fully saturated rings. The zero-order valence-corrected chi connectivity index (χ0v) is 14.0. The number of benzene rings is 2. The van der Waals surface area contributed by atoms with Crippen LogP contribution in [-0.2, 0) is 0 Å². The maximum absolute atomic E-state index is 11.9. The van der Waals surface area contributed by atoms with Crippen molar-refractivity contribution < 1.29 is 9.90 Å². The molecular weight excluding hydrogens is 312 g/mol. The Bertz CT molecular complexity index is 542. The van der Waals surface area contributed by atoms with E-state index < -0.39 is 6.10 Å². The van der Waals surface area contributed by atoms with Crippen LogP contribution in [0.2, 0.25) is 0 Å². The monoisotopic (exact) mass is 332 g/mol. The predicted molar refractivity (Wildman–Crippen MR) is 96.8 cm³/mol. The summed E-state index contributed by atoms with van der Waals surface area (Å²) in [5.74, 6) is 5.25. The summed E-state index contributed by atoms with van der Waals surface area (Å²) in [6, 6.07) is 17.7. The molecule has 0 amide bonds. The smallest absolute Gasteiger partial charge is 0.195 e. The van der Waals surface area contributed by atoms with Crippen molar-refractivity contribution in [1.29, 1.82) is 0 Å². The highest BCUT2D eigenvalue weighted by Gasteiger charge is 2.18. The van der Waals surface area contributed by atoms with Gasteiger partial charge in [-0.1, -0.05) is 60.7 Å². The van der Waals surface area contributed by atoms with Crippen molar-refractivity contribution in [2.75, 3.05) is 23.0 Å². The first-order valence-corrected chi connectivity index (χ1v) is 9.58. The van der Waals surface area contributed by atoms with Crippen LogP contribution in [0.25, 0.3) is 0 Å². The minimum atomic E-state index is -1.08. The SMILES string of the molecule is C1CSCCS1.O=C(c1ccccc1)C(O)c1ccccc1. The van der Waals surface area contributed by atoms with Gasteiger partial charge in [-0.05, 0) is 5.56 Å². The molecule has 0 aliphatic carbocycles. The van der Waals surface area contributed by atoms with Gasteiger partial charge in [-0.2, -0.15) is 23.5 Å². The Balaban J connectivity index is 0.000000246. The van der Waals surface area contributed by atoms with Crippen LogP contribution in [0.4, 0.5) is 0 Å². The highest BCUT2D eigenvalue weighted by atomic mass is 32.2. The van der Waals surface area contributed by atoms with E-state index in [0.717, 1.165) is 0 Å². The van der Waals surface area contributed by atoms with Crippen LogP contribution in [-0.4, -0.2) is 33.9 Å². The van der Waals surface area contributed by atoms with Crippen LogP contribution in [0, 0.1) is 0 Å². The largest absolute Gasteiger partial charge is 0.380 e. The third-order valence-corrected chi connectivity index (χ3v) is 5.65. The minimum absolute atomic E-state index is 0.271. The zero-order valence-electron chi connectivity index (χ0n) is 12.4. The maximum atomic E-state index is 11.9. The molecule has 2 aromatic carbocycles. The molecule has 1 aliphatic heterocycles. The Morgan fingerprint density at radius 2 is 1.27 bits per heavy atom. The summed E-state index contributed by atoms with van der Waals surface area (Å²) in [5, 5.41) is 9.89. The van der Waals surface area contributed by atoms with Gasteiger partial charge in [-0.3, -0.25) is 4.79 Å². The second-order valence-electron chi connectivity index (χ2n) is 4.77. The van der Waals surface area contributed by atoms with E-state index in [1.54, 1.807) is 48.5 Å².